The van der Waals surface area contributed by atoms with Gasteiger partial charge in [-0.3, -0.25) is 4.79 Å². The predicted molar refractivity (Wildman–Crippen MR) is 150 cm³/mol. The number of hydrogen-bond acceptors (Lipinski definition) is 4. The van der Waals surface area contributed by atoms with E-state index in [0.717, 1.165) is 38.2 Å². The van der Waals surface area contributed by atoms with Crippen LogP contribution in [0.15, 0.2) is 45.8 Å². The van der Waals surface area contributed by atoms with Gasteiger partial charge in [0.15, 0.2) is 0 Å². The van der Waals surface area contributed by atoms with E-state index >= 15 is 0 Å². The van der Waals surface area contributed by atoms with Crippen molar-refractivity contribution in [3.63, 3.8) is 0 Å². The third kappa shape index (κ3) is 4.37. The average molecular weight is 585 g/mol. The number of carbonyl (C=O) groups is 1. The van der Waals surface area contributed by atoms with Crippen LogP contribution in [0.2, 0.25) is 0 Å². The maximum Gasteiger partial charge on any atom is 0.258 e. The van der Waals surface area contributed by atoms with Gasteiger partial charge in [-0.15, -0.1) is 0 Å². The van der Waals surface area contributed by atoms with E-state index < -0.39 is 10.0 Å². The summed E-state index contributed by atoms with van der Waals surface area (Å²) in [6.07, 6.45) is 1.88. The second-order valence-electron chi connectivity index (χ2n) is 9.67. The van der Waals surface area contributed by atoms with Crippen LogP contribution < -0.4 is 4.90 Å². The van der Waals surface area contributed by atoms with E-state index in [0.29, 0.717) is 43.1 Å². The smallest absolute Gasteiger partial charge is 0.258 e. The van der Waals surface area contributed by atoms with E-state index in [2.05, 4.69) is 52.5 Å². The van der Waals surface area contributed by atoms with Gasteiger partial charge in [0.2, 0.25) is 10.0 Å². The summed E-state index contributed by atoms with van der Waals surface area (Å²) in [6, 6.07) is 11.3. The zero-order valence-corrected chi connectivity index (χ0v) is 24.0. The van der Waals surface area contributed by atoms with Crippen LogP contribution in [0.25, 0.3) is 17.3 Å². The van der Waals surface area contributed by atoms with Crippen molar-refractivity contribution < 1.29 is 17.9 Å². The van der Waals surface area contributed by atoms with Gasteiger partial charge in [-0.05, 0) is 86.9 Å². The molecule has 194 valence electrons. The fourth-order valence-corrected chi connectivity index (χ4v) is 6.87. The van der Waals surface area contributed by atoms with Crippen molar-refractivity contribution in [1.29, 1.82) is 0 Å². The van der Waals surface area contributed by atoms with E-state index in [4.69, 9.17) is 4.74 Å². The highest BCUT2D eigenvalue weighted by Crippen LogP contribution is 2.39. The van der Waals surface area contributed by atoms with Crippen molar-refractivity contribution in [3.8, 4) is 5.69 Å². The van der Waals surface area contributed by atoms with Crippen molar-refractivity contribution in [2.75, 3.05) is 38.3 Å². The third-order valence-electron chi connectivity index (χ3n) is 7.21. The number of aryl methyl sites for hydroxylation is 3. The van der Waals surface area contributed by atoms with Crippen molar-refractivity contribution in [1.82, 2.24) is 8.87 Å². The summed E-state index contributed by atoms with van der Waals surface area (Å²) in [5.41, 5.74) is 8.15. The average Bonchev–Trinajstić information content (AvgIpc) is 3.29. The van der Waals surface area contributed by atoms with Crippen LogP contribution in [0.1, 0.15) is 33.6 Å². The van der Waals surface area contributed by atoms with Crippen LogP contribution in [-0.2, 0) is 19.6 Å². The molecule has 0 spiro atoms. The Bertz CT molecular complexity index is 1540. The number of morpholine rings is 1. The summed E-state index contributed by atoms with van der Waals surface area (Å²) < 4.78 is 36.6. The molecular formula is C28H30BrN3O4S. The van der Waals surface area contributed by atoms with E-state index in [1.165, 1.54) is 4.31 Å². The Morgan fingerprint density at radius 3 is 2.27 bits per heavy atom. The van der Waals surface area contributed by atoms with Gasteiger partial charge in [-0.25, -0.2) is 8.42 Å². The summed E-state index contributed by atoms with van der Waals surface area (Å²) in [5.74, 6) is -0.156. The molecule has 5 rings (SSSR count). The highest BCUT2D eigenvalue weighted by Gasteiger charge is 2.33. The minimum atomic E-state index is -3.69. The van der Waals surface area contributed by atoms with Gasteiger partial charge in [0.1, 0.15) is 0 Å². The molecule has 1 amide bonds. The molecule has 3 heterocycles. The summed E-state index contributed by atoms with van der Waals surface area (Å²) in [7, 11) is -1.97. The van der Waals surface area contributed by atoms with Gasteiger partial charge in [0.05, 0.1) is 23.8 Å². The van der Waals surface area contributed by atoms with Crippen LogP contribution in [0, 0.1) is 27.7 Å². The number of amides is 1. The Balaban J connectivity index is 1.59. The van der Waals surface area contributed by atoms with E-state index in [1.54, 1.807) is 30.1 Å². The Kier molecular flexibility index (Phi) is 6.68. The maximum absolute atomic E-state index is 13.3. The highest BCUT2D eigenvalue weighted by molar-refractivity contribution is 9.10. The highest BCUT2D eigenvalue weighted by atomic mass is 79.9. The van der Waals surface area contributed by atoms with Gasteiger partial charge >= 0.3 is 0 Å². The number of benzene rings is 2. The quantitative estimate of drug-likeness (QED) is 0.405. The number of likely N-dealkylation sites (N-methyl/N-ethyl adjacent to an activating group) is 1. The fraction of sp³-hybridized carbons (Fsp3) is 0.321. The molecular weight excluding hydrogens is 554 g/mol. The molecule has 37 heavy (non-hydrogen) atoms. The SMILES string of the molecule is Cc1cc(-n2c(C)cc(C=C3C(=O)N(C)c4ccc(S(=O)(=O)N5CCOCC5)cc43)c2C)cc(C)c1Br. The third-order valence-corrected chi connectivity index (χ3v) is 10.4. The molecule has 1 aromatic heterocycles. The van der Waals surface area contributed by atoms with Crippen molar-refractivity contribution in [2.45, 2.75) is 32.6 Å². The molecule has 2 aliphatic heterocycles. The summed E-state index contributed by atoms with van der Waals surface area (Å²) in [6.45, 7) is 9.63. The summed E-state index contributed by atoms with van der Waals surface area (Å²) >= 11 is 3.65. The van der Waals surface area contributed by atoms with E-state index in [9.17, 15) is 13.2 Å². The number of nitrogens with zero attached hydrogens (tertiary/aromatic N) is 3. The second kappa shape index (κ2) is 9.54. The number of fused-ring (bicyclic) bond motifs is 1. The topological polar surface area (TPSA) is 71.9 Å². The Hall–Kier alpha value is -2.72. The Labute approximate surface area is 226 Å². The van der Waals surface area contributed by atoms with Gasteiger partial charge in [0.25, 0.3) is 5.91 Å². The lowest BCUT2D eigenvalue weighted by atomic mass is 10.0. The largest absolute Gasteiger partial charge is 0.379 e. The minimum Gasteiger partial charge on any atom is -0.379 e. The molecule has 9 heteroatoms. The van der Waals surface area contributed by atoms with Gasteiger partial charge < -0.3 is 14.2 Å². The first-order valence-electron chi connectivity index (χ1n) is 12.2. The Morgan fingerprint density at radius 2 is 1.62 bits per heavy atom. The van der Waals surface area contributed by atoms with Crippen LogP contribution in [0.4, 0.5) is 5.69 Å². The molecule has 2 aromatic carbocycles. The van der Waals surface area contributed by atoms with Gasteiger partial charge in [0, 0.05) is 52.8 Å². The lowest BCUT2D eigenvalue weighted by Crippen LogP contribution is -2.40. The first kappa shape index (κ1) is 25.9. The molecule has 0 bridgehead atoms. The molecule has 1 saturated heterocycles. The zero-order chi connectivity index (χ0) is 26.6. The van der Waals surface area contributed by atoms with Crippen LogP contribution >= 0.6 is 15.9 Å². The fourth-order valence-electron chi connectivity index (χ4n) is 5.20. The summed E-state index contributed by atoms with van der Waals surface area (Å²) in [5, 5.41) is 0. The molecule has 3 aromatic rings. The lowest BCUT2D eigenvalue weighted by molar-refractivity contribution is -0.112. The number of ether oxygens (including phenoxy) is 1. The predicted octanol–water partition coefficient (Wildman–Crippen LogP) is 5.01. The number of aromatic nitrogens is 1. The molecule has 0 N–H and O–H groups in total. The number of carbonyl (C=O) groups excluding carboxylic acids is 1. The molecule has 0 unspecified atom stereocenters. The number of sulfonamides is 1. The molecule has 0 radical (unpaired) electrons. The molecule has 0 saturated carbocycles. The van der Waals surface area contributed by atoms with Gasteiger partial charge in [-0.2, -0.15) is 4.31 Å². The molecule has 2 aliphatic rings. The monoisotopic (exact) mass is 583 g/mol. The first-order chi connectivity index (χ1) is 17.5. The number of halogens is 1. The second-order valence-corrected chi connectivity index (χ2v) is 12.4. The van der Waals surface area contributed by atoms with Gasteiger partial charge in [-0.1, -0.05) is 15.9 Å². The maximum atomic E-state index is 13.3. The normalized spacial score (nSPS) is 17.6. The number of rotatable bonds is 4. The lowest BCUT2D eigenvalue weighted by Gasteiger charge is -2.26. The van der Waals surface area contributed by atoms with Crippen LogP contribution in [0.5, 0.6) is 0 Å². The first-order valence-corrected chi connectivity index (χ1v) is 14.4. The molecule has 0 aliphatic carbocycles. The van der Waals surface area contributed by atoms with Crippen LogP contribution in [-0.4, -0.2) is 56.5 Å². The number of hydrogen-bond donors (Lipinski definition) is 0. The van der Waals surface area contributed by atoms with Crippen molar-refractivity contribution >= 4 is 49.2 Å². The van der Waals surface area contributed by atoms with Crippen molar-refractivity contribution in [3.05, 3.63) is 74.5 Å². The van der Waals surface area contributed by atoms with E-state index in [-0.39, 0.29) is 10.8 Å². The molecule has 0 atom stereocenters. The standard InChI is InChI=1S/C28H30BrN3O4S/c1-17-12-22(13-18(2)27(17)29)32-19(3)14-21(20(32)4)15-25-24-16-23(6-7-26(24)30(5)28(25)33)37(34,35)31-8-10-36-11-9-31/h6-7,12-16H,8-11H2,1-5H3. The number of anilines is 1. The molecule has 1 fully saturated rings. The van der Waals surface area contributed by atoms with Crippen LogP contribution in [0.3, 0.4) is 0 Å². The zero-order valence-electron chi connectivity index (χ0n) is 21.6. The Morgan fingerprint density at radius 1 is 0.973 bits per heavy atom. The minimum absolute atomic E-state index is 0.156. The molecule has 7 nitrogen and oxygen atoms in total. The van der Waals surface area contributed by atoms with Crippen molar-refractivity contribution in [2.24, 2.45) is 0 Å². The summed E-state index contributed by atoms with van der Waals surface area (Å²) in [4.78, 5) is 15.1. The van der Waals surface area contributed by atoms with E-state index in [1.807, 2.05) is 19.9 Å².